The second-order valence-corrected chi connectivity index (χ2v) is 3.17. The van der Waals surface area contributed by atoms with E-state index in [9.17, 15) is 10.1 Å². The zero-order valence-electron chi connectivity index (χ0n) is 8.78. The summed E-state index contributed by atoms with van der Waals surface area (Å²) in [6.45, 7) is 0. The number of furan rings is 1. The normalized spacial score (nSPS) is 10.6. The molecule has 0 aliphatic carbocycles. The number of rotatable bonds is 4. The Kier molecular flexibility index (Phi) is 3.20. The van der Waals surface area contributed by atoms with Gasteiger partial charge >= 0.3 is 5.88 Å². The second-order valence-electron chi connectivity index (χ2n) is 3.17. The molecule has 0 spiro atoms. The summed E-state index contributed by atoms with van der Waals surface area (Å²) in [5, 5.41) is 10.4. The number of benzene rings is 1. The largest absolute Gasteiger partial charge is 0.465 e. The smallest absolute Gasteiger partial charge is 0.433 e. The molecule has 0 N–H and O–H groups in total. The van der Waals surface area contributed by atoms with Crippen LogP contribution in [0.5, 0.6) is 5.75 Å². The molecule has 1 heterocycles. The molecule has 0 saturated heterocycles. The molecule has 0 fully saturated rings. The Hall–Kier alpha value is -2.56. The molecule has 0 unspecified atom stereocenters. The molecule has 1 aromatic carbocycles. The van der Waals surface area contributed by atoms with E-state index in [1.807, 2.05) is 18.2 Å². The molecule has 0 saturated carbocycles. The zero-order chi connectivity index (χ0) is 12.1. The van der Waals surface area contributed by atoms with Crippen molar-refractivity contribution in [2.24, 2.45) is 0 Å². The SMILES string of the molecule is O=[N+]([O-])c1ccc(/C=C/Oc2ccccc2)o1. The van der Waals surface area contributed by atoms with Crippen molar-refractivity contribution >= 4 is 12.0 Å². The van der Waals surface area contributed by atoms with Crippen LogP contribution in [0.1, 0.15) is 5.76 Å². The molecule has 1 aromatic heterocycles. The van der Waals surface area contributed by atoms with E-state index in [0.717, 1.165) is 0 Å². The van der Waals surface area contributed by atoms with Gasteiger partial charge in [0.25, 0.3) is 0 Å². The van der Waals surface area contributed by atoms with Crippen LogP contribution in [-0.2, 0) is 0 Å². The monoisotopic (exact) mass is 231 g/mol. The van der Waals surface area contributed by atoms with Gasteiger partial charge in [0.05, 0.1) is 12.3 Å². The van der Waals surface area contributed by atoms with Gasteiger partial charge in [-0.3, -0.25) is 10.1 Å². The third-order valence-corrected chi connectivity index (χ3v) is 1.97. The summed E-state index contributed by atoms with van der Waals surface area (Å²) in [4.78, 5) is 9.78. The Bertz CT molecular complexity index is 530. The number of nitro groups is 1. The van der Waals surface area contributed by atoms with Gasteiger partial charge in [-0.25, -0.2) is 0 Å². The molecule has 5 nitrogen and oxygen atoms in total. The van der Waals surface area contributed by atoms with Gasteiger partial charge in [0.1, 0.15) is 16.4 Å². The van der Waals surface area contributed by atoms with E-state index < -0.39 is 4.92 Å². The van der Waals surface area contributed by atoms with Gasteiger partial charge in [0, 0.05) is 6.08 Å². The van der Waals surface area contributed by atoms with Crippen LogP contribution >= 0.6 is 0 Å². The van der Waals surface area contributed by atoms with E-state index in [1.165, 1.54) is 24.5 Å². The van der Waals surface area contributed by atoms with Crippen LogP contribution in [0.3, 0.4) is 0 Å². The quantitative estimate of drug-likeness (QED) is 0.460. The minimum atomic E-state index is -0.588. The van der Waals surface area contributed by atoms with Gasteiger partial charge in [-0.15, -0.1) is 0 Å². The third kappa shape index (κ3) is 2.94. The predicted octanol–water partition coefficient (Wildman–Crippen LogP) is 3.24. The van der Waals surface area contributed by atoms with Crippen LogP contribution in [0.25, 0.3) is 6.08 Å². The minimum absolute atomic E-state index is 0.288. The van der Waals surface area contributed by atoms with Crippen molar-refractivity contribution in [3.8, 4) is 5.75 Å². The van der Waals surface area contributed by atoms with Crippen molar-refractivity contribution in [1.82, 2.24) is 0 Å². The summed E-state index contributed by atoms with van der Waals surface area (Å²) < 4.78 is 10.2. The lowest BCUT2D eigenvalue weighted by molar-refractivity contribution is -0.402. The maximum atomic E-state index is 10.4. The van der Waals surface area contributed by atoms with E-state index in [0.29, 0.717) is 11.5 Å². The van der Waals surface area contributed by atoms with Crippen LogP contribution in [0, 0.1) is 10.1 Å². The fraction of sp³-hybridized carbons (Fsp3) is 0. The third-order valence-electron chi connectivity index (χ3n) is 1.97. The summed E-state index contributed by atoms with van der Waals surface area (Å²) in [5.74, 6) is 0.766. The van der Waals surface area contributed by atoms with Gasteiger partial charge in [-0.1, -0.05) is 18.2 Å². The van der Waals surface area contributed by atoms with Gasteiger partial charge in [-0.05, 0) is 18.2 Å². The average molecular weight is 231 g/mol. The highest BCUT2D eigenvalue weighted by Gasteiger charge is 2.09. The van der Waals surface area contributed by atoms with E-state index in [2.05, 4.69) is 0 Å². The lowest BCUT2D eigenvalue weighted by atomic mass is 10.3. The summed E-state index contributed by atoms with van der Waals surface area (Å²) in [6, 6.07) is 12.0. The molecule has 86 valence electrons. The van der Waals surface area contributed by atoms with Crippen LogP contribution in [0.2, 0.25) is 0 Å². The van der Waals surface area contributed by atoms with Crippen LogP contribution in [0.15, 0.2) is 53.1 Å². The zero-order valence-corrected chi connectivity index (χ0v) is 8.78. The second kappa shape index (κ2) is 4.98. The molecule has 0 aliphatic heterocycles. The average Bonchev–Trinajstić information content (AvgIpc) is 2.79. The first-order valence-electron chi connectivity index (χ1n) is 4.88. The van der Waals surface area contributed by atoms with E-state index in [-0.39, 0.29) is 5.88 Å². The number of nitrogens with zero attached hydrogens (tertiary/aromatic N) is 1. The van der Waals surface area contributed by atoms with Crippen LogP contribution in [0.4, 0.5) is 5.88 Å². The lowest BCUT2D eigenvalue weighted by Crippen LogP contribution is -1.82. The molecule has 0 aliphatic rings. The molecule has 0 atom stereocenters. The van der Waals surface area contributed by atoms with Gasteiger partial charge in [-0.2, -0.15) is 0 Å². The Morgan fingerprint density at radius 2 is 1.94 bits per heavy atom. The molecule has 0 radical (unpaired) electrons. The van der Waals surface area contributed by atoms with Gasteiger partial charge in [0.15, 0.2) is 0 Å². The van der Waals surface area contributed by atoms with E-state index >= 15 is 0 Å². The maximum absolute atomic E-state index is 10.4. The van der Waals surface area contributed by atoms with Crippen molar-refractivity contribution in [3.05, 3.63) is 64.6 Å². The number of hydrogen-bond acceptors (Lipinski definition) is 4. The van der Waals surface area contributed by atoms with Crippen molar-refractivity contribution in [2.75, 3.05) is 0 Å². The van der Waals surface area contributed by atoms with Gasteiger partial charge < -0.3 is 9.15 Å². The fourth-order valence-electron chi connectivity index (χ4n) is 1.21. The molecule has 2 rings (SSSR count). The molecular formula is C12H9NO4. The topological polar surface area (TPSA) is 65.5 Å². The van der Waals surface area contributed by atoms with Crippen LogP contribution in [-0.4, -0.2) is 4.92 Å². The highest BCUT2D eigenvalue weighted by Crippen LogP contribution is 2.17. The standard InChI is InChI=1S/C12H9NO4/c14-13(15)12-7-6-11(17-12)8-9-16-10-4-2-1-3-5-10/h1-9H/b9-8+. The van der Waals surface area contributed by atoms with Gasteiger partial charge in [0.2, 0.25) is 0 Å². The summed E-state index contributed by atoms with van der Waals surface area (Å²) in [6.07, 6.45) is 2.93. The Morgan fingerprint density at radius 1 is 1.18 bits per heavy atom. The first kappa shape index (κ1) is 10.9. The van der Waals surface area contributed by atoms with Crippen molar-refractivity contribution in [1.29, 1.82) is 0 Å². The highest BCUT2D eigenvalue weighted by molar-refractivity contribution is 5.44. The van der Waals surface area contributed by atoms with Crippen molar-refractivity contribution in [3.63, 3.8) is 0 Å². The Balaban J connectivity index is 1.98. The molecular weight excluding hydrogens is 222 g/mol. The lowest BCUT2D eigenvalue weighted by Gasteiger charge is -1.96. The summed E-state index contributed by atoms with van der Waals surface area (Å²) >= 11 is 0. The molecule has 5 heteroatoms. The van der Waals surface area contributed by atoms with Crippen molar-refractivity contribution in [2.45, 2.75) is 0 Å². The number of ether oxygens (including phenoxy) is 1. The minimum Gasteiger partial charge on any atom is -0.465 e. The molecule has 0 amide bonds. The number of para-hydroxylation sites is 1. The molecule has 0 bridgehead atoms. The fourth-order valence-corrected chi connectivity index (χ4v) is 1.21. The molecule has 2 aromatic rings. The van der Waals surface area contributed by atoms with E-state index in [1.54, 1.807) is 12.1 Å². The van der Waals surface area contributed by atoms with Crippen molar-refractivity contribution < 1.29 is 14.1 Å². The highest BCUT2D eigenvalue weighted by atomic mass is 16.6. The predicted molar refractivity (Wildman–Crippen MR) is 61.5 cm³/mol. The summed E-state index contributed by atoms with van der Waals surface area (Å²) in [7, 11) is 0. The Labute approximate surface area is 97.1 Å². The Morgan fingerprint density at radius 3 is 2.59 bits per heavy atom. The number of hydrogen-bond donors (Lipinski definition) is 0. The first-order chi connectivity index (χ1) is 8.25. The first-order valence-corrected chi connectivity index (χ1v) is 4.88. The maximum Gasteiger partial charge on any atom is 0.433 e. The summed E-state index contributed by atoms with van der Waals surface area (Å²) in [5.41, 5.74) is 0. The van der Waals surface area contributed by atoms with Crippen LogP contribution < -0.4 is 4.74 Å². The molecule has 17 heavy (non-hydrogen) atoms. The van der Waals surface area contributed by atoms with E-state index in [4.69, 9.17) is 9.15 Å².